The fourth-order valence-electron chi connectivity index (χ4n) is 4.11. The lowest BCUT2D eigenvalue weighted by atomic mass is 9.69. The molecule has 2 aliphatic rings. The molecule has 2 aromatic rings. The van der Waals surface area contributed by atoms with Crippen molar-refractivity contribution >= 4 is 11.9 Å². The molecular formula is C23H25NO6. The summed E-state index contributed by atoms with van der Waals surface area (Å²) >= 11 is 0. The highest BCUT2D eigenvalue weighted by molar-refractivity contribution is 5.99. The number of hydrogen-bond acceptors (Lipinski definition) is 6. The van der Waals surface area contributed by atoms with Crippen LogP contribution in [0.15, 0.2) is 30.3 Å². The number of ether oxygens (including phenoxy) is 4. The van der Waals surface area contributed by atoms with Crippen molar-refractivity contribution in [1.29, 1.82) is 0 Å². The second kappa shape index (κ2) is 7.89. The molecule has 7 heteroatoms. The minimum Gasteiger partial charge on any atom is -0.493 e. The Kier molecular flexibility index (Phi) is 5.28. The van der Waals surface area contributed by atoms with E-state index in [1.807, 2.05) is 30.3 Å². The molecule has 1 heterocycles. The quantitative estimate of drug-likeness (QED) is 0.704. The molecule has 1 aliphatic heterocycles. The first-order chi connectivity index (χ1) is 14.5. The Morgan fingerprint density at radius 3 is 2.43 bits per heavy atom. The summed E-state index contributed by atoms with van der Waals surface area (Å²) in [6.45, 7) is 0.693. The topological polar surface area (TPSA) is 83.1 Å². The summed E-state index contributed by atoms with van der Waals surface area (Å²) < 4.78 is 22.3. The molecule has 0 saturated heterocycles. The van der Waals surface area contributed by atoms with Crippen LogP contribution < -0.4 is 19.5 Å². The van der Waals surface area contributed by atoms with Crippen LogP contribution in [0, 0.1) is 5.41 Å². The first-order valence-corrected chi connectivity index (χ1v) is 9.90. The molecule has 0 radical (unpaired) electrons. The van der Waals surface area contributed by atoms with E-state index in [0.29, 0.717) is 29.4 Å². The minimum atomic E-state index is -0.631. The molecule has 1 N–H and O–H groups in total. The van der Waals surface area contributed by atoms with Gasteiger partial charge in [0.05, 0.1) is 21.3 Å². The van der Waals surface area contributed by atoms with Crippen LogP contribution in [0.2, 0.25) is 0 Å². The predicted molar refractivity (Wildman–Crippen MR) is 110 cm³/mol. The van der Waals surface area contributed by atoms with E-state index in [0.717, 1.165) is 36.0 Å². The van der Waals surface area contributed by atoms with Crippen molar-refractivity contribution in [3.8, 4) is 28.4 Å². The first kappa shape index (κ1) is 20.1. The summed E-state index contributed by atoms with van der Waals surface area (Å²) in [5, 5.41) is 2.83. The smallest absolute Gasteiger partial charge is 0.315 e. The summed E-state index contributed by atoms with van der Waals surface area (Å²) in [4.78, 5) is 24.2. The standard InChI is InChI=1S/C23H25NO6/c1-27-18-8-7-16(14-5-6-17-15(11-14)12-24-21(17)25)19(20(18)28-2)30-13-23(9-4-10-23)22(26)29-3/h5-8,11H,4,9-10,12-13H2,1-3H3,(H,24,25). The van der Waals surface area contributed by atoms with Gasteiger partial charge in [-0.2, -0.15) is 0 Å². The molecule has 2 aromatic carbocycles. The lowest BCUT2D eigenvalue weighted by Crippen LogP contribution is -2.44. The first-order valence-electron chi connectivity index (χ1n) is 9.90. The Hall–Kier alpha value is -3.22. The second-order valence-electron chi connectivity index (χ2n) is 7.65. The van der Waals surface area contributed by atoms with Gasteiger partial charge in [0.1, 0.15) is 12.0 Å². The maximum absolute atomic E-state index is 12.3. The van der Waals surface area contributed by atoms with Crippen molar-refractivity contribution < 1.29 is 28.5 Å². The highest BCUT2D eigenvalue weighted by Gasteiger charge is 2.46. The van der Waals surface area contributed by atoms with E-state index in [2.05, 4.69) is 5.32 Å². The number of fused-ring (bicyclic) bond motifs is 1. The van der Waals surface area contributed by atoms with Gasteiger partial charge in [0.25, 0.3) is 5.91 Å². The van der Waals surface area contributed by atoms with E-state index in [4.69, 9.17) is 18.9 Å². The Morgan fingerprint density at radius 2 is 1.80 bits per heavy atom. The van der Waals surface area contributed by atoms with Gasteiger partial charge in [-0.3, -0.25) is 9.59 Å². The monoisotopic (exact) mass is 411 g/mol. The highest BCUT2D eigenvalue weighted by atomic mass is 16.5. The Labute approximate surface area is 175 Å². The van der Waals surface area contributed by atoms with Crippen molar-refractivity contribution in [2.45, 2.75) is 25.8 Å². The Morgan fingerprint density at radius 1 is 1.03 bits per heavy atom. The third kappa shape index (κ3) is 3.24. The number of nitrogens with one attached hydrogen (secondary N) is 1. The predicted octanol–water partition coefficient (Wildman–Crippen LogP) is 3.34. The third-order valence-electron chi connectivity index (χ3n) is 6.02. The Bertz CT molecular complexity index is 995. The SMILES string of the molecule is COC(=O)C1(COc2c(-c3ccc4c(c3)CNC4=O)ccc(OC)c2OC)CCC1. The summed E-state index contributed by atoms with van der Waals surface area (Å²) in [5.74, 6) is 1.19. The molecular weight excluding hydrogens is 386 g/mol. The molecule has 0 unspecified atom stereocenters. The van der Waals surface area contributed by atoms with Gasteiger partial charge in [-0.05, 0) is 48.2 Å². The van der Waals surface area contributed by atoms with Gasteiger partial charge in [0, 0.05) is 17.7 Å². The molecule has 0 aromatic heterocycles. The van der Waals surface area contributed by atoms with Gasteiger partial charge < -0.3 is 24.3 Å². The molecule has 0 spiro atoms. The zero-order valence-corrected chi connectivity index (χ0v) is 17.4. The van der Waals surface area contributed by atoms with Crippen LogP contribution in [0.5, 0.6) is 17.2 Å². The summed E-state index contributed by atoms with van der Waals surface area (Å²) in [6, 6.07) is 9.39. The molecule has 0 atom stereocenters. The maximum atomic E-state index is 12.3. The fourth-order valence-corrected chi connectivity index (χ4v) is 4.11. The molecule has 1 aliphatic carbocycles. The zero-order valence-electron chi connectivity index (χ0n) is 17.4. The average Bonchev–Trinajstić information content (AvgIpc) is 3.12. The van der Waals surface area contributed by atoms with Crippen LogP contribution in [0.4, 0.5) is 0 Å². The van der Waals surface area contributed by atoms with Gasteiger partial charge in [-0.25, -0.2) is 0 Å². The number of benzene rings is 2. The number of rotatable bonds is 7. The molecule has 4 rings (SSSR count). The largest absolute Gasteiger partial charge is 0.493 e. The van der Waals surface area contributed by atoms with Gasteiger partial charge in [-0.1, -0.05) is 12.5 Å². The average molecular weight is 411 g/mol. The fraction of sp³-hybridized carbons (Fsp3) is 0.391. The number of esters is 1. The minimum absolute atomic E-state index is 0.0645. The van der Waals surface area contributed by atoms with E-state index in [9.17, 15) is 9.59 Å². The molecule has 158 valence electrons. The number of carbonyl (C=O) groups is 2. The van der Waals surface area contributed by atoms with Crippen molar-refractivity contribution in [3.05, 3.63) is 41.5 Å². The third-order valence-corrected chi connectivity index (χ3v) is 6.02. The van der Waals surface area contributed by atoms with E-state index in [1.54, 1.807) is 14.2 Å². The lowest BCUT2D eigenvalue weighted by molar-refractivity contribution is -0.161. The molecule has 30 heavy (non-hydrogen) atoms. The van der Waals surface area contributed by atoms with Crippen molar-refractivity contribution in [3.63, 3.8) is 0 Å². The van der Waals surface area contributed by atoms with Crippen molar-refractivity contribution in [1.82, 2.24) is 5.32 Å². The van der Waals surface area contributed by atoms with Gasteiger partial charge >= 0.3 is 5.97 Å². The van der Waals surface area contributed by atoms with E-state index < -0.39 is 5.41 Å². The number of hydrogen-bond donors (Lipinski definition) is 1. The van der Waals surface area contributed by atoms with E-state index in [1.165, 1.54) is 7.11 Å². The van der Waals surface area contributed by atoms with Crippen LogP contribution in [-0.2, 0) is 16.1 Å². The van der Waals surface area contributed by atoms with Crippen LogP contribution in [-0.4, -0.2) is 39.8 Å². The van der Waals surface area contributed by atoms with E-state index >= 15 is 0 Å². The number of amides is 1. The van der Waals surface area contributed by atoms with Crippen molar-refractivity contribution in [2.24, 2.45) is 5.41 Å². The molecule has 1 saturated carbocycles. The van der Waals surface area contributed by atoms with Crippen LogP contribution >= 0.6 is 0 Å². The lowest BCUT2D eigenvalue weighted by Gasteiger charge is -2.38. The summed E-state index contributed by atoms with van der Waals surface area (Å²) in [6.07, 6.45) is 2.42. The normalized spacial score (nSPS) is 16.2. The highest BCUT2D eigenvalue weighted by Crippen LogP contribution is 2.48. The molecule has 7 nitrogen and oxygen atoms in total. The van der Waals surface area contributed by atoms with E-state index in [-0.39, 0.29) is 18.5 Å². The van der Waals surface area contributed by atoms with Crippen LogP contribution in [0.25, 0.3) is 11.1 Å². The molecule has 1 fully saturated rings. The van der Waals surface area contributed by atoms with Gasteiger partial charge in [0.15, 0.2) is 11.5 Å². The van der Waals surface area contributed by atoms with Gasteiger partial charge in [-0.15, -0.1) is 0 Å². The van der Waals surface area contributed by atoms with Crippen LogP contribution in [0.3, 0.4) is 0 Å². The van der Waals surface area contributed by atoms with Gasteiger partial charge in [0.2, 0.25) is 5.75 Å². The number of carbonyl (C=O) groups excluding carboxylic acids is 2. The summed E-state index contributed by atoms with van der Waals surface area (Å²) in [5.41, 5.74) is 2.68. The van der Waals surface area contributed by atoms with Crippen molar-refractivity contribution in [2.75, 3.05) is 27.9 Å². The number of methoxy groups -OCH3 is 3. The zero-order chi connectivity index (χ0) is 21.3. The second-order valence-corrected chi connectivity index (χ2v) is 7.65. The Balaban J connectivity index is 1.74. The molecule has 0 bridgehead atoms. The van der Waals surface area contributed by atoms with Crippen LogP contribution in [0.1, 0.15) is 35.2 Å². The maximum Gasteiger partial charge on any atom is 0.315 e. The molecule has 1 amide bonds. The summed E-state index contributed by atoms with van der Waals surface area (Å²) in [7, 11) is 4.52.